The van der Waals surface area contributed by atoms with Crippen LogP contribution in [0.1, 0.15) is 31.1 Å². The standard InChI is InChI=1S/C12H15Cl2NO2/c1-7(16)12(2,3)15-11(17)8-4-5-9(13)10(14)6-8/h4-7,16H,1-3H3,(H,15,17). The van der Waals surface area contributed by atoms with Gasteiger partial charge in [0.15, 0.2) is 0 Å². The van der Waals surface area contributed by atoms with Crippen molar-refractivity contribution >= 4 is 29.1 Å². The van der Waals surface area contributed by atoms with E-state index in [-0.39, 0.29) is 5.91 Å². The Labute approximate surface area is 111 Å². The smallest absolute Gasteiger partial charge is 0.251 e. The summed E-state index contributed by atoms with van der Waals surface area (Å²) in [5.74, 6) is -0.297. The average Bonchev–Trinajstić information content (AvgIpc) is 2.21. The lowest BCUT2D eigenvalue weighted by Gasteiger charge is -2.29. The van der Waals surface area contributed by atoms with Crippen LogP contribution >= 0.6 is 23.2 Å². The molecule has 1 aromatic carbocycles. The van der Waals surface area contributed by atoms with Crippen LogP contribution in [0.4, 0.5) is 0 Å². The van der Waals surface area contributed by atoms with Gasteiger partial charge >= 0.3 is 0 Å². The summed E-state index contributed by atoms with van der Waals surface area (Å²) < 4.78 is 0. The van der Waals surface area contributed by atoms with Gasteiger partial charge in [0.05, 0.1) is 21.7 Å². The Kier molecular flexibility index (Phi) is 4.42. The third-order valence-electron chi connectivity index (χ3n) is 2.66. The molecule has 0 aliphatic rings. The van der Waals surface area contributed by atoms with E-state index in [2.05, 4.69) is 5.32 Å². The zero-order valence-electron chi connectivity index (χ0n) is 9.92. The van der Waals surface area contributed by atoms with Gasteiger partial charge in [-0.2, -0.15) is 0 Å². The first-order valence-electron chi connectivity index (χ1n) is 5.19. The highest BCUT2D eigenvalue weighted by atomic mass is 35.5. The number of amides is 1. The summed E-state index contributed by atoms with van der Waals surface area (Å²) in [6.07, 6.45) is -0.658. The Morgan fingerprint density at radius 2 is 1.94 bits per heavy atom. The van der Waals surface area contributed by atoms with Crippen LogP contribution in [0.25, 0.3) is 0 Å². The van der Waals surface area contributed by atoms with Crippen molar-refractivity contribution in [1.82, 2.24) is 5.32 Å². The van der Waals surface area contributed by atoms with Crippen LogP contribution in [-0.4, -0.2) is 22.7 Å². The normalized spacial score (nSPS) is 13.3. The third-order valence-corrected chi connectivity index (χ3v) is 3.40. The summed E-state index contributed by atoms with van der Waals surface area (Å²) in [4.78, 5) is 11.9. The summed E-state index contributed by atoms with van der Waals surface area (Å²) in [7, 11) is 0. The van der Waals surface area contributed by atoms with Crippen molar-refractivity contribution in [3.8, 4) is 0 Å². The van der Waals surface area contributed by atoms with E-state index in [1.54, 1.807) is 32.9 Å². The minimum absolute atomic E-state index is 0.297. The number of halogens is 2. The van der Waals surface area contributed by atoms with Gasteiger partial charge in [0.25, 0.3) is 5.91 Å². The number of hydrogen-bond acceptors (Lipinski definition) is 2. The average molecular weight is 276 g/mol. The molecule has 1 aromatic rings. The van der Waals surface area contributed by atoms with Crippen LogP contribution in [0.3, 0.4) is 0 Å². The van der Waals surface area contributed by atoms with E-state index in [0.29, 0.717) is 15.6 Å². The second kappa shape index (κ2) is 5.25. The Morgan fingerprint density at radius 3 is 2.41 bits per heavy atom. The van der Waals surface area contributed by atoms with E-state index in [9.17, 15) is 9.90 Å². The molecule has 0 heterocycles. The van der Waals surface area contributed by atoms with Crippen LogP contribution in [0.5, 0.6) is 0 Å². The molecule has 1 amide bonds. The van der Waals surface area contributed by atoms with Crippen molar-refractivity contribution < 1.29 is 9.90 Å². The second-order valence-electron chi connectivity index (χ2n) is 4.48. The highest BCUT2D eigenvalue weighted by Gasteiger charge is 2.26. The number of nitrogens with one attached hydrogen (secondary N) is 1. The Morgan fingerprint density at radius 1 is 1.35 bits per heavy atom. The number of aliphatic hydroxyl groups excluding tert-OH is 1. The lowest BCUT2D eigenvalue weighted by molar-refractivity contribution is 0.0709. The molecule has 0 fully saturated rings. The predicted molar refractivity (Wildman–Crippen MR) is 69.7 cm³/mol. The minimum atomic E-state index is -0.705. The van der Waals surface area contributed by atoms with E-state index in [1.165, 1.54) is 6.07 Å². The first-order chi connectivity index (χ1) is 7.74. The van der Waals surface area contributed by atoms with Crippen LogP contribution in [-0.2, 0) is 0 Å². The van der Waals surface area contributed by atoms with Gasteiger partial charge in [0.2, 0.25) is 0 Å². The summed E-state index contributed by atoms with van der Waals surface area (Å²) in [6.45, 7) is 5.11. The zero-order valence-corrected chi connectivity index (χ0v) is 11.4. The monoisotopic (exact) mass is 275 g/mol. The molecule has 0 aliphatic carbocycles. The highest BCUT2D eigenvalue weighted by molar-refractivity contribution is 6.42. The highest BCUT2D eigenvalue weighted by Crippen LogP contribution is 2.23. The van der Waals surface area contributed by atoms with Crippen molar-refractivity contribution in [2.24, 2.45) is 0 Å². The van der Waals surface area contributed by atoms with Gasteiger partial charge in [-0.05, 0) is 39.0 Å². The fourth-order valence-corrected chi connectivity index (χ4v) is 1.40. The van der Waals surface area contributed by atoms with E-state index in [4.69, 9.17) is 23.2 Å². The number of carbonyl (C=O) groups excluding carboxylic acids is 1. The van der Waals surface area contributed by atoms with E-state index < -0.39 is 11.6 Å². The fourth-order valence-electron chi connectivity index (χ4n) is 1.11. The lowest BCUT2D eigenvalue weighted by atomic mass is 9.98. The van der Waals surface area contributed by atoms with Gasteiger partial charge in [-0.25, -0.2) is 0 Å². The molecule has 0 saturated heterocycles. The molecule has 5 heteroatoms. The minimum Gasteiger partial charge on any atom is -0.391 e. The van der Waals surface area contributed by atoms with Gasteiger partial charge in [-0.1, -0.05) is 23.2 Å². The molecule has 0 aromatic heterocycles. The maximum absolute atomic E-state index is 11.9. The largest absolute Gasteiger partial charge is 0.391 e. The van der Waals surface area contributed by atoms with E-state index in [1.807, 2.05) is 0 Å². The molecule has 3 nitrogen and oxygen atoms in total. The molecule has 0 aliphatic heterocycles. The summed E-state index contributed by atoms with van der Waals surface area (Å²) >= 11 is 11.6. The van der Waals surface area contributed by atoms with Crippen molar-refractivity contribution in [2.45, 2.75) is 32.4 Å². The van der Waals surface area contributed by atoms with Crippen molar-refractivity contribution in [3.63, 3.8) is 0 Å². The molecular formula is C12H15Cl2NO2. The molecule has 2 N–H and O–H groups in total. The molecule has 17 heavy (non-hydrogen) atoms. The molecule has 0 bridgehead atoms. The Hall–Kier alpha value is -0.770. The summed E-state index contributed by atoms with van der Waals surface area (Å²) in [5.41, 5.74) is -0.295. The maximum atomic E-state index is 11.9. The zero-order chi connectivity index (χ0) is 13.2. The number of benzene rings is 1. The number of hydrogen-bond donors (Lipinski definition) is 2. The van der Waals surface area contributed by atoms with Gasteiger partial charge in [0, 0.05) is 5.56 Å². The molecule has 0 spiro atoms. The number of aliphatic hydroxyl groups is 1. The van der Waals surface area contributed by atoms with Crippen molar-refractivity contribution in [3.05, 3.63) is 33.8 Å². The fraction of sp³-hybridized carbons (Fsp3) is 0.417. The lowest BCUT2D eigenvalue weighted by Crippen LogP contribution is -2.50. The van der Waals surface area contributed by atoms with E-state index >= 15 is 0 Å². The van der Waals surface area contributed by atoms with Gasteiger partial charge in [-0.3, -0.25) is 4.79 Å². The summed E-state index contributed by atoms with van der Waals surface area (Å²) in [6, 6.07) is 4.65. The van der Waals surface area contributed by atoms with Crippen molar-refractivity contribution in [1.29, 1.82) is 0 Å². The maximum Gasteiger partial charge on any atom is 0.251 e. The molecule has 94 valence electrons. The number of rotatable bonds is 3. The molecule has 0 radical (unpaired) electrons. The van der Waals surface area contributed by atoms with Crippen LogP contribution < -0.4 is 5.32 Å². The van der Waals surface area contributed by atoms with Crippen LogP contribution in [0.2, 0.25) is 10.0 Å². The number of carbonyl (C=O) groups is 1. The first kappa shape index (κ1) is 14.3. The summed E-state index contributed by atoms with van der Waals surface area (Å²) in [5, 5.41) is 13.0. The molecule has 1 atom stereocenters. The van der Waals surface area contributed by atoms with Gasteiger partial charge in [-0.15, -0.1) is 0 Å². The first-order valence-corrected chi connectivity index (χ1v) is 5.95. The Bertz CT molecular complexity index is 431. The molecule has 1 unspecified atom stereocenters. The van der Waals surface area contributed by atoms with E-state index in [0.717, 1.165) is 0 Å². The van der Waals surface area contributed by atoms with Crippen molar-refractivity contribution in [2.75, 3.05) is 0 Å². The predicted octanol–water partition coefficient (Wildman–Crippen LogP) is 2.88. The molecular weight excluding hydrogens is 261 g/mol. The quantitative estimate of drug-likeness (QED) is 0.891. The topological polar surface area (TPSA) is 49.3 Å². The van der Waals surface area contributed by atoms with Gasteiger partial charge in [0.1, 0.15) is 0 Å². The van der Waals surface area contributed by atoms with Crippen LogP contribution in [0.15, 0.2) is 18.2 Å². The Balaban J connectivity index is 2.87. The SMILES string of the molecule is CC(O)C(C)(C)NC(=O)c1ccc(Cl)c(Cl)c1. The molecule has 1 rings (SSSR count). The van der Waals surface area contributed by atoms with Gasteiger partial charge < -0.3 is 10.4 Å². The van der Waals surface area contributed by atoms with Crippen LogP contribution in [0, 0.1) is 0 Å². The third kappa shape index (κ3) is 3.60. The molecule has 0 saturated carbocycles. The second-order valence-corrected chi connectivity index (χ2v) is 5.30.